The Morgan fingerprint density at radius 1 is 1.15 bits per heavy atom. The monoisotopic (exact) mass is 457 g/mol. The molecule has 0 spiro atoms. The highest BCUT2D eigenvalue weighted by atomic mass is 19.2. The maximum Gasteiger partial charge on any atom is 0.361 e. The Bertz CT molecular complexity index is 1420. The van der Waals surface area contributed by atoms with E-state index in [0.717, 1.165) is 10.7 Å². The van der Waals surface area contributed by atoms with Crippen LogP contribution < -0.4 is 0 Å². The molecule has 0 aliphatic heterocycles. The molecule has 0 saturated carbocycles. The molecular formula is C21H14F3N5O4. The average Bonchev–Trinajstić information content (AvgIpc) is 3.23. The highest BCUT2D eigenvalue weighted by Crippen LogP contribution is 2.32. The first-order valence-corrected chi connectivity index (χ1v) is 9.55. The van der Waals surface area contributed by atoms with E-state index >= 15 is 0 Å². The molecule has 0 aliphatic rings. The lowest BCUT2D eigenvalue weighted by molar-refractivity contribution is -0.384. The molecule has 0 aliphatic carbocycles. The van der Waals surface area contributed by atoms with Crippen LogP contribution in [0.15, 0.2) is 36.4 Å². The number of pyridine rings is 1. The van der Waals surface area contributed by atoms with Crippen molar-refractivity contribution in [3.05, 3.63) is 75.4 Å². The van der Waals surface area contributed by atoms with Crippen LogP contribution in [0.5, 0.6) is 0 Å². The van der Waals surface area contributed by atoms with E-state index in [4.69, 9.17) is 4.74 Å². The van der Waals surface area contributed by atoms with Gasteiger partial charge in [-0.1, -0.05) is 5.21 Å². The topological polar surface area (TPSA) is 113 Å². The van der Waals surface area contributed by atoms with Gasteiger partial charge in [-0.15, -0.1) is 5.10 Å². The molecule has 4 rings (SSSR count). The van der Waals surface area contributed by atoms with E-state index in [1.165, 1.54) is 37.3 Å². The van der Waals surface area contributed by atoms with Crippen LogP contribution in [0.25, 0.3) is 27.8 Å². The van der Waals surface area contributed by atoms with E-state index in [1.807, 2.05) is 0 Å². The van der Waals surface area contributed by atoms with Crippen LogP contribution in [0.1, 0.15) is 23.1 Å². The Kier molecular flexibility index (Phi) is 5.50. The summed E-state index contributed by atoms with van der Waals surface area (Å²) in [7, 11) is 0. The van der Waals surface area contributed by atoms with Gasteiger partial charge in [-0.3, -0.25) is 10.1 Å². The number of carbonyl (C=O) groups excluding carboxylic acids is 1. The predicted octanol–water partition coefficient (Wildman–Crippen LogP) is 4.29. The molecule has 9 nitrogen and oxygen atoms in total. The number of nitrogens with zero attached hydrogens (tertiary/aromatic N) is 5. The van der Waals surface area contributed by atoms with Gasteiger partial charge in [0, 0.05) is 28.8 Å². The van der Waals surface area contributed by atoms with Crippen molar-refractivity contribution in [1.29, 1.82) is 0 Å². The first kappa shape index (κ1) is 21.9. The lowest BCUT2D eigenvalue weighted by atomic mass is 10.1. The normalized spacial score (nSPS) is 11.1. The summed E-state index contributed by atoms with van der Waals surface area (Å²) in [6.45, 7) is 3.14. The molecule has 33 heavy (non-hydrogen) atoms. The number of hydrogen-bond acceptors (Lipinski definition) is 7. The van der Waals surface area contributed by atoms with E-state index in [2.05, 4.69) is 15.3 Å². The number of ether oxygens (including phenoxy) is 1. The summed E-state index contributed by atoms with van der Waals surface area (Å²) in [5.41, 5.74) is -0.194. The van der Waals surface area contributed by atoms with Crippen LogP contribution in [0, 0.1) is 34.5 Å². The number of nitro benzene ring substituents is 1. The van der Waals surface area contributed by atoms with Gasteiger partial charge >= 0.3 is 5.97 Å². The zero-order valence-corrected chi connectivity index (χ0v) is 17.2. The molecule has 2 heterocycles. The smallest absolute Gasteiger partial charge is 0.361 e. The fourth-order valence-electron chi connectivity index (χ4n) is 3.34. The maximum atomic E-state index is 14.5. The Hall–Kier alpha value is -4.35. The highest BCUT2D eigenvalue weighted by molar-refractivity contribution is 5.96. The third-order valence-electron chi connectivity index (χ3n) is 4.76. The Morgan fingerprint density at radius 3 is 2.48 bits per heavy atom. The molecule has 2 aromatic carbocycles. The molecule has 0 unspecified atom stereocenters. The molecule has 0 radical (unpaired) electrons. The summed E-state index contributed by atoms with van der Waals surface area (Å²) in [6.07, 6.45) is 0. The Balaban J connectivity index is 2.04. The van der Waals surface area contributed by atoms with Crippen LogP contribution in [-0.2, 0) is 4.74 Å². The Morgan fingerprint density at radius 2 is 1.85 bits per heavy atom. The van der Waals surface area contributed by atoms with Gasteiger partial charge in [0.05, 0.1) is 17.2 Å². The largest absolute Gasteiger partial charge is 0.461 e. The van der Waals surface area contributed by atoms with E-state index < -0.39 is 33.9 Å². The lowest BCUT2D eigenvalue weighted by Crippen LogP contribution is -2.09. The number of carbonyl (C=O) groups is 1. The molecule has 2 aromatic heterocycles. The molecule has 0 amide bonds. The number of esters is 1. The highest BCUT2D eigenvalue weighted by Gasteiger charge is 2.26. The van der Waals surface area contributed by atoms with Crippen LogP contribution in [0.4, 0.5) is 18.9 Å². The van der Waals surface area contributed by atoms with Crippen LogP contribution in [0.2, 0.25) is 0 Å². The van der Waals surface area contributed by atoms with Gasteiger partial charge in [0.15, 0.2) is 23.1 Å². The van der Waals surface area contributed by atoms with Crippen LogP contribution in [-0.4, -0.2) is 37.5 Å². The maximum absolute atomic E-state index is 14.5. The third-order valence-corrected chi connectivity index (χ3v) is 4.76. The fraction of sp³-hybridized carbons (Fsp3) is 0.143. The van der Waals surface area contributed by atoms with Crippen molar-refractivity contribution >= 4 is 22.6 Å². The van der Waals surface area contributed by atoms with Gasteiger partial charge in [0.1, 0.15) is 11.2 Å². The minimum Gasteiger partial charge on any atom is -0.461 e. The predicted molar refractivity (Wildman–Crippen MR) is 109 cm³/mol. The van der Waals surface area contributed by atoms with Crippen molar-refractivity contribution < 1.29 is 27.6 Å². The first-order valence-electron chi connectivity index (χ1n) is 9.55. The molecule has 0 atom stereocenters. The minimum absolute atomic E-state index is 0.0401. The molecule has 4 aromatic rings. The van der Waals surface area contributed by atoms with Crippen molar-refractivity contribution in [3.8, 4) is 16.9 Å². The molecule has 168 valence electrons. The van der Waals surface area contributed by atoms with Gasteiger partial charge in [-0.05, 0) is 38.1 Å². The summed E-state index contributed by atoms with van der Waals surface area (Å²) < 4.78 is 48.5. The second kappa shape index (κ2) is 8.30. The summed E-state index contributed by atoms with van der Waals surface area (Å²) in [5.74, 6) is -5.41. The van der Waals surface area contributed by atoms with Crippen molar-refractivity contribution in [2.45, 2.75) is 13.8 Å². The number of benzene rings is 2. The van der Waals surface area contributed by atoms with E-state index in [0.29, 0.717) is 5.56 Å². The van der Waals surface area contributed by atoms with E-state index in [1.54, 1.807) is 6.92 Å². The summed E-state index contributed by atoms with van der Waals surface area (Å²) in [6, 6.07) is 7.36. The zero-order valence-electron chi connectivity index (χ0n) is 17.2. The number of aryl methyl sites for hydroxylation is 1. The van der Waals surface area contributed by atoms with E-state index in [9.17, 15) is 28.1 Å². The number of halogens is 3. The number of hydrogen-bond donors (Lipinski definition) is 0. The molecule has 0 saturated heterocycles. The van der Waals surface area contributed by atoms with Gasteiger partial charge in [-0.2, -0.15) is 0 Å². The van der Waals surface area contributed by atoms with Gasteiger partial charge < -0.3 is 4.74 Å². The van der Waals surface area contributed by atoms with E-state index in [-0.39, 0.29) is 40.4 Å². The van der Waals surface area contributed by atoms with Crippen molar-refractivity contribution in [2.75, 3.05) is 6.61 Å². The van der Waals surface area contributed by atoms with Gasteiger partial charge in [0.2, 0.25) is 0 Å². The molecule has 0 bridgehead atoms. The SMILES string of the molecule is CCOC(=O)c1nnn(-c2cc(C)nc3c(F)c(F)c(F)cc23)c1-c1ccc([N+](=O)[O-])cc1. The fourth-order valence-corrected chi connectivity index (χ4v) is 3.34. The second-order valence-electron chi connectivity index (χ2n) is 6.89. The summed E-state index contributed by atoms with van der Waals surface area (Å²) >= 11 is 0. The Labute approximate surface area is 183 Å². The van der Waals surface area contributed by atoms with Crippen LogP contribution in [0.3, 0.4) is 0 Å². The van der Waals surface area contributed by atoms with Gasteiger partial charge in [0.25, 0.3) is 5.69 Å². The number of nitro groups is 1. The van der Waals surface area contributed by atoms with Crippen molar-refractivity contribution in [2.24, 2.45) is 0 Å². The summed E-state index contributed by atoms with van der Waals surface area (Å²) in [5, 5.41) is 18.7. The van der Waals surface area contributed by atoms with Gasteiger partial charge in [-0.25, -0.2) is 27.6 Å². The summed E-state index contributed by atoms with van der Waals surface area (Å²) in [4.78, 5) is 26.9. The molecule has 12 heteroatoms. The number of aromatic nitrogens is 4. The first-order chi connectivity index (χ1) is 15.7. The number of rotatable bonds is 5. The van der Waals surface area contributed by atoms with Crippen molar-refractivity contribution in [3.63, 3.8) is 0 Å². The second-order valence-corrected chi connectivity index (χ2v) is 6.89. The quantitative estimate of drug-likeness (QED) is 0.190. The average molecular weight is 457 g/mol. The minimum atomic E-state index is -1.67. The number of non-ortho nitro benzene ring substituents is 1. The number of fused-ring (bicyclic) bond motifs is 1. The zero-order chi connectivity index (χ0) is 23.9. The standard InChI is InChI=1S/C21H14F3N5O4/c1-3-33-21(30)19-20(11-4-6-12(7-5-11)29(31)32)28(27-26-19)15-8-10(2)25-18-13(15)9-14(22)16(23)17(18)24/h4-9H,3H2,1-2H3. The lowest BCUT2D eigenvalue weighted by Gasteiger charge is -2.12. The van der Waals surface area contributed by atoms with Crippen LogP contribution >= 0.6 is 0 Å². The molecule has 0 fully saturated rings. The molecule has 0 N–H and O–H groups in total. The van der Waals surface area contributed by atoms with Crippen molar-refractivity contribution in [1.82, 2.24) is 20.0 Å². The third kappa shape index (κ3) is 3.75. The molecular weight excluding hydrogens is 443 g/mol.